The van der Waals surface area contributed by atoms with Crippen molar-refractivity contribution in [2.24, 2.45) is 0 Å². The molecule has 0 saturated carbocycles. The molecule has 5 nitrogen and oxygen atoms in total. The zero-order valence-corrected chi connectivity index (χ0v) is 9.90. The van der Waals surface area contributed by atoms with Crippen LogP contribution in [0.15, 0.2) is 12.7 Å². The summed E-state index contributed by atoms with van der Waals surface area (Å²) in [5.74, 6) is -0.996. The van der Waals surface area contributed by atoms with Gasteiger partial charge in [-0.2, -0.15) is 0 Å². The second-order valence-corrected chi connectivity index (χ2v) is 3.46. The van der Waals surface area contributed by atoms with Crippen molar-refractivity contribution in [1.29, 1.82) is 0 Å². The van der Waals surface area contributed by atoms with Crippen LogP contribution in [-0.2, 0) is 4.79 Å². The first kappa shape index (κ1) is 14.5. The molecule has 0 aliphatic rings. The monoisotopic (exact) mass is 228 g/mol. The lowest BCUT2D eigenvalue weighted by molar-refractivity contribution is -0.139. The lowest BCUT2D eigenvalue weighted by Crippen LogP contribution is -2.47. The second-order valence-electron chi connectivity index (χ2n) is 3.46. The number of urea groups is 1. The van der Waals surface area contributed by atoms with E-state index in [4.69, 9.17) is 5.11 Å². The normalized spacial score (nSPS) is 11.6. The molecule has 2 N–H and O–H groups in total. The molecular weight excluding hydrogens is 208 g/mol. The van der Waals surface area contributed by atoms with Gasteiger partial charge in [0.15, 0.2) is 0 Å². The Morgan fingerprint density at radius 3 is 2.50 bits per heavy atom. The van der Waals surface area contributed by atoms with Gasteiger partial charge in [-0.05, 0) is 13.3 Å². The van der Waals surface area contributed by atoms with E-state index in [0.29, 0.717) is 25.9 Å². The largest absolute Gasteiger partial charge is 0.480 e. The van der Waals surface area contributed by atoms with Crippen LogP contribution in [0.4, 0.5) is 4.79 Å². The Hall–Kier alpha value is -1.52. The Morgan fingerprint density at radius 2 is 2.12 bits per heavy atom. The third kappa shape index (κ3) is 4.82. The number of carboxylic acids is 1. The molecule has 0 spiro atoms. The number of carbonyl (C=O) groups is 2. The molecule has 0 aliphatic carbocycles. The third-order valence-corrected chi connectivity index (χ3v) is 2.19. The van der Waals surface area contributed by atoms with Crippen molar-refractivity contribution in [3.63, 3.8) is 0 Å². The zero-order chi connectivity index (χ0) is 12.6. The standard InChI is InChI=1S/C11H20N2O3/c1-4-7-9(10(14)15)12-11(16)13(6-3)8-5-2/h5,9H,2,4,6-8H2,1,3H3,(H,12,16)(H,14,15)/t9-/m1/s1. The third-order valence-electron chi connectivity index (χ3n) is 2.19. The number of nitrogens with zero attached hydrogens (tertiary/aromatic N) is 1. The summed E-state index contributed by atoms with van der Waals surface area (Å²) in [5, 5.41) is 11.4. The fourth-order valence-electron chi connectivity index (χ4n) is 1.30. The van der Waals surface area contributed by atoms with Crippen molar-refractivity contribution in [2.75, 3.05) is 13.1 Å². The molecule has 2 amide bonds. The van der Waals surface area contributed by atoms with E-state index in [2.05, 4.69) is 11.9 Å². The van der Waals surface area contributed by atoms with Crippen molar-refractivity contribution >= 4 is 12.0 Å². The highest BCUT2D eigenvalue weighted by Gasteiger charge is 2.20. The summed E-state index contributed by atoms with van der Waals surface area (Å²) in [7, 11) is 0. The summed E-state index contributed by atoms with van der Waals surface area (Å²) in [6.07, 6.45) is 2.76. The number of amides is 2. The van der Waals surface area contributed by atoms with E-state index < -0.39 is 12.0 Å². The summed E-state index contributed by atoms with van der Waals surface area (Å²) in [6, 6.07) is -1.17. The van der Waals surface area contributed by atoms with Gasteiger partial charge in [-0.1, -0.05) is 19.4 Å². The van der Waals surface area contributed by atoms with Gasteiger partial charge in [0, 0.05) is 13.1 Å². The van der Waals surface area contributed by atoms with E-state index in [1.165, 1.54) is 4.90 Å². The number of carboxylic acid groups (broad SMARTS) is 1. The molecule has 0 heterocycles. The summed E-state index contributed by atoms with van der Waals surface area (Å²) < 4.78 is 0. The summed E-state index contributed by atoms with van der Waals surface area (Å²) in [5.41, 5.74) is 0. The molecule has 0 bridgehead atoms. The van der Waals surface area contributed by atoms with Crippen LogP contribution in [0.5, 0.6) is 0 Å². The Morgan fingerprint density at radius 1 is 1.50 bits per heavy atom. The van der Waals surface area contributed by atoms with Crippen molar-refractivity contribution in [1.82, 2.24) is 10.2 Å². The maximum atomic E-state index is 11.7. The van der Waals surface area contributed by atoms with Gasteiger partial charge in [-0.15, -0.1) is 6.58 Å². The summed E-state index contributed by atoms with van der Waals surface area (Å²) in [4.78, 5) is 24.0. The van der Waals surface area contributed by atoms with E-state index in [0.717, 1.165) is 0 Å². The van der Waals surface area contributed by atoms with Gasteiger partial charge >= 0.3 is 12.0 Å². The lowest BCUT2D eigenvalue weighted by Gasteiger charge is -2.22. The Kier molecular flexibility index (Phi) is 7.00. The summed E-state index contributed by atoms with van der Waals surface area (Å²) in [6.45, 7) is 8.20. The molecule has 0 radical (unpaired) electrons. The SMILES string of the molecule is C=CCN(CC)C(=O)N[C@H](CCC)C(=O)O. The molecule has 1 atom stereocenters. The molecule has 0 fully saturated rings. The number of nitrogens with one attached hydrogen (secondary N) is 1. The molecule has 0 aromatic carbocycles. The van der Waals surface area contributed by atoms with Crippen LogP contribution in [0.3, 0.4) is 0 Å². The number of rotatable bonds is 7. The number of hydrogen-bond donors (Lipinski definition) is 2. The smallest absolute Gasteiger partial charge is 0.326 e. The Bertz CT molecular complexity index is 254. The van der Waals surface area contributed by atoms with Gasteiger partial charge in [0.2, 0.25) is 0 Å². The molecule has 16 heavy (non-hydrogen) atoms. The molecule has 0 aromatic heterocycles. The highest BCUT2D eigenvalue weighted by Crippen LogP contribution is 1.99. The van der Waals surface area contributed by atoms with E-state index in [-0.39, 0.29) is 6.03 Å². The van der Waals surface area contributed by atoms with Crippen molar-refractivity contribution in [3.05, 3.63) is 12.7 Å². The van der Waals surface area contributed by atoms with Crippen LogP contribution in [0.2, 0.25) is 0 Å². The average molecular weight is 228 g/mol. The molecule has 0 saturated heterocycles. The second kappa shape index (κ2) is 7.73. The van der Waals surface area contributed by atoms with Crippen molar-refractivity contribution < 1.29 is 14.7 Å². The topological polar surface area (TPSA) is 69.6 Å². The quantitative estimate of drug-likeness (QED) is 0.648. The average Bonchev–Trinajstić information content (AvgIpc) is 2.24. The highest BCUT2D eigenvalue weighted by molar-refractivity contribution is 5.82. The summed E-state index contributed by atoms with van der Waals surface area (Å²) >= 11 is 0. The Labute approximate surface area is 96.1 Å². The molecule has 0 unspecified atom stereocenters. The fraction of sp³-hybridized carbons (Fsp3) is 0.636. The molecule has 92 valence electrons. The first-order valence-corrected chi connectivity index (χ1v) is 5.45. The zero-order valence-electron chi connectivity index (χ0n) is 9.90. The van der Waals surface area contributed by atoms with Crippen LogP contribution in [-0.4, -0.2) is 41.1 Å². The van der Waals surface area contributed by atoms with Crippen LogP contribution in [0.1, 0.15) is 26.7 Å². The first-order valence-electron chi connectivity index (χ1n) is 5.45. The van der Waals surface area contributed by atoms with E-state index >= 15 is 0 Å². The van der Waals surface area contributed by atoms with Gasteiger partial charge in [0.25, 0.3) is 0 Å². The van der Waals surface area contributed by atoms with Crippen LogP contribution < -0.4 is 5.32 Å². The maximum Gasteiger partial charge on any atom is 0.326 e. The fourth-order valence-corrected chi connectivity index (χ4v) is 1.30. The maximum absolute atomic E-state index is 11.7. The van der Waals surface area contributed by atoms with Crippen LogP contribution >= 0.6 is 0 Å². The minimum Gasteiger partial charge on any atom is -0.480 e. The van der Waals surface area contributed by atoms with E-state index in [1.54, 1.807) is 6.08 Å². The van der Waals surface area contributed by atoms with E-state index in [9.17, 15) is 9.59 Å². The molecule has 0 aliphatic heterocycles. The lowest BCUT2D eigenvalue weighted by atomic mass is 10.2. The Balaban J connectivity index is 4.36. The number of likely N-dealkylation sites (N-methyl/N-ethyl adjacent to an activating group) is 1. The predicted octanol–water partition coefficient (Wildman–Crippen LogP) is 1.46. The molecule has 0 aromatic rings. The van der Waals surface area contributed by atoms with Gasteiger partial charge in [0.05, 0.1) is 0 Å². The van der Waals surface area contributed by atoms with Gasteiger partial charge in [-0.25, -0.2) is 9.59 Å². The molecule has 5 heteroatoms. The number of hydrogen-bond acceptors (Lipinski definition) is 2. The van der Waals surface area contributed by atoms with E-state index in [1.807, 2.05) is 13.8 Å². The van der Waals surface area contributed by atoms with Gasteiger partial charge in [0.1, 0.15) is 6.04 Å². The van der Waals surface area contributed by atoms with Crippen molar-refractivity contribution in [2.45, 2.75) is 32.7 Å². The molecular formula is C11H20N2O3. The van der Waals surface area contributed by atoms with Crippen molar-refractivity contribution in [3.8, 4) is 0 Å². The minimum absolute atomic E-state index is 0.358. The van der Waals surface area contributed by atoms with Crippen LogP contribution in [0.25, 0.3) is 0 Å². The van der Waals surface area contributed by atoms with Crippen LogP contribution in [0, 0.1) is 0 Å². The highest BCUT2D eigenvalue weighted by atomic mass is 16.4. The predicted molar refractivity (Wildman–Crippen MR) is 62.3 cm³/mol. The van der Waals surface area contributed by atoms with Gasteiger partial charge < -0.3 is 15.3 Å². The first-order chi connectivity index (χ1) is 7.56. The number of aliphatic carboxylic acids is 1. The molecule has 0 rings (SSSR count). The van der Waals surface area contributed by atoms with Gasteiger partial charge in [-0.3, -0.25) is 0 Å². The number of carbonyl (C=O) groups excluding carboxylic acids is 1. The minimum atomic E-state index is -0.996.